The number of carbonyl (C=O) groups excluding carboxylic acids is 1. The third-order valence-corrected chi connectivity index (χ3v) is 2.84. The SMILES string of the molecule is CNC(=O)Oc1cccc2c1C(C)NCC2. The zero-order valence-electron chi connectivity index (χ0n) is 9.54. The van der Waals surface area contributed by atoms with Gasteiger partial charge in [0.15, 0.2) is 0 Å². The Morgan fingerprint density at radius 1 is 1.56 bits per heavy atom. The van der Waals surface area contributed by atoms with Crippen LogP contribution in [0.4, 0.5) is 4.79 Å². The van der Waals surface area contributed by atoms with Crippen molar-refractivity contribution in [1.29, 1.82) is 0 Å². The molecule has 0 saturated carbocycles. The average molecular weight is 220 g/mol. The van der Waals surface area contributed by atoms with E-state index in [1.165, 1.54) is 5.56 Å². The van der Waals surface area contributed by atoms with E-state index < -0.39 is 6.09 Å². The second-order valence-electron chi connectivity index (χ2n) is 3.89. The van der Waals surface area contributed by atoms with Gasteiger partial charge in [-0.1, -0.05) is 12.1 Å². The molecule has 0 spiro atoms. The standard InChI is InChI=1S/C12H16N2O2/c1-8-11-9(6-7-14-8)4-3-5-10(11)16-12(15)13-2/h3-5,8,14H,6-7H2,1-2H3,(H,13,15). The Morgan fingerprint density at radius 2 is 2.38 bits per heavy atom. The monoisotopic (exact) mass is 220 g/mol. The van der Waals surface area contributed by atoms with Crippen molar-refractivity contribution in [3.8, 4) is 5.75 Å². The summed E-state index contributed by atoms with van der Waals surface area (Å²) in [5.41, 5.74) is 2.35. The fourth-order valence-corrected chi connectivity index (χ4v) is 2.06. The summed E-state index contributed by atoms with van der Waals surface area (Å²) in [6.07, 6.45) is 0.552. The number of hydrogen-bond acceptors (Lipinski definition) is 3. The minimum absolute atomic E-state index is 0.226. The molecule has 16 heavy (non-hydrogen) atoms. The molecule has 4 heteroatoms. The summed E-state index contributed by atoms with van der Waals surface area (Å²) in [5, 5.41) is 5.81. The van der Waals surface area contributed by atoms with E-state index in [4.69, 9.17) is 4.74 Å². The first kappa shape index (κ1) is 11.0. The van der Waals surface area contributed by atoms with Crippen molar-refractivity contribution in [2.45, 2.75) is 19.4 Å². The van der Waals surface area contributed by atoms with Crippen LogP contribution in [0.1, 0.15) is 24.1 Å². The topological polar surface area (TPSA) is 50.4 Å². The molecule has 1 unspecified atom stereocenters. The number of fused-ring (bicyclic) bond motifs is 1. The zero-order valence-corrected chi connectivity index (χ0v) is 9.54. The van der Waals surface area contributed by atoms with E-state index in [0.717, 1.165) is 18.5 Å². The molecule has 0 saturated heterocycles. The van der Waals surface area contributed by atoms with E-state index >= 15 is 0 Å². The molecule has 1 heterocycles. The molecule has 1 amide bonds. The Hall–Kier alpha value is -1.55. The van der Waals surface area contributed by atoms with Gasteiger partial charge in [-0.15, -0.1) is 0 Å². The van der Waals surface area contributed by atoms with Gasteiger partial charge >= 0.3 is 6.09 Å². The molecule has 0 aromatic heterocycles. The predicted molar refractivity (Wildman–Crippen MR) is 61.6 cm³/mol. The third-order valence-electron chi connectivity index (χ3n) is 2.84. The van der Waals surface area contributed by atoms with Gasteiger partial charge < -0.3 is 15.4 Å². The van der Waals surface area contributed by atoms with E-state index in [0.29, 0.717) is 5.75 Å². The molecule has 4 nitrogen and oxygen atoms in total. The highest BCUT2D eigenvalue weighted by Crippen LogP contribution is 2.31. The average Bonchev–Trinajstić information content (AvgIpc) is 2.29. The summed E-state index contributed by atoms with van der Waals surface area (Å²) in [4.78, 5) is 11.2. The van der Waals surface area contributed by atoms with Crippen molar-refractivity contribution < 1.29 is 9.53 Å². The van der Waals surface area contributed by atoms with E-state index in [9.17, 15) is 4.79 Å². The first-order valence-corrected chi connectivity index (χ1v) is 5.47. The normalized spacial score (nSPS) is 18.8. The van der Waals surface area contributed by atoms with Crippen molar-refractivity contribution in [2.24, 2.45) is 0 Å². The summed E-state index contributed by atoms with van der Waals surface area (Å²) in [5.74, 6) is 0.650. The molecule has 0 bridgehead atoms. The smallest absolute Gasteiger partial charge is 0.410 e. The van der Waals surface area contributed by atoms with Crippen molar-refractivity contribution in [3.05, 3.63) is 29.3 Å². The minimum atomic E-state index is -0.425. The Morgan fingerprint density at radius 3 is 3.12 bits per heavy atom. The third kappa shape index (κ3) is 2.02. The summed E-state index contributed by atoms with van der Waals surface area (Å²) in [6, 6.07) is 6.07. The summed E-state index contributed by atoms with van der Waals surface area (Å²) < 4.78 is 5.24. The van der Waals surface area contributed by atoms with Gasteiger partial charge in [0.05, 0.1) is 0 Å². The Labute approximate surface area is 95.0 Å². The lowest BCUT2D eigenvalue weighted by atomic mass is 9.94. The lowest BCUT2D eigenvalue weighted by Crippen LogP contribution is -2.29. The van der Waals surface area contributed by atoms with Crippen LogP contribution in [-0.4, -0.2) is 19.7 Å². The minimum Gasteiger partial charge on any atom is -0.410 e. The number of benzene rings is 1. The number of amides is 1. The van der Waals surface area contributed by atoms with Gasteiger partial charge in [0.1, 0.15) is 5.75 Å². The Bertz CT molecular complexity index is 404. The molecule has 0 radical (unpaired) electrons. The first-order valence-electron chi connectivity index (χ1n) is 5.47. The summed E-state index contributed by atoms with van der Waals surface area (Å²) >= 11 is 0. The van der Waals surface area contributed by atoms with Crippen LogP contribution in [0.5, 0.6) is 5.75 Å². The molecule has 0 aliphatic carbocycles. The highest BCUT2D eigenvalue weighted by molar-refractivity contribution is 5.70. The van der Waals surface area contributed by atoms with E-state index in [1.807, 2.05) is 12.1 Å². The van der Waals surface area contributed by atoms with Crippen molar-refractivity contribution in [1.82, 2.24) is 10.6 Å². The maximum Gasteiger partial charge on any atom is 0.412 e. The van der Waals surface area contributed by atoms with Crippen LogP contribution in [-0.2, 0) is 6.42 Å². The van der Waals surface area contributed by atoms with Gasteiger partial charge in [-0.05, 0) is 31.5 Å². The van der Waals surface area contributed by atoms with Crippen LogP contribution in [0.3, 0.4) is 0 Å². The van der Waals surface area contributed by atoms with Crippen molar-refractivity contribution >= 4 is 6.09 Å². The van der Waals surface area contributed by atoms with Gasteiger partial charge in [-0.3, -0.25) is 0 Å². The lowest BCUT2D eigenvalue weighted by molar-refractivity contribution is 0.202. The van der Waals surface area contributed by atoms with E-state index in [1.54, 1.807) is 7.05 Å². The molecule has 1 aromatic carbocycles. The molecule has 2 N–H and O–H groups in total. The fourth-order valence-electron chi connectivity index (χ4n) is 2.06. The molecule has 0 fully saturated rings. The van der Waals surface area contributed by atoms with Gasteiger partial charge in [0.25, 0.3) is 0 Å². The number of nitrogens with one attached hydrogen (secondary N) is 2. The number of hydrogen-bond donors (Lipinski definition) is 2. The van der Waals surface area contributed by atoms with Gasteiger partial charge in [0.2, 0.25) is 0 Å². The maximum atomic E-state index is 11.2. The fraction of sp³-hybridized carbons (Fsp3) is 0.417. The predicted octanol–water partition coefficient (Wildman–Crippen LogP) is 1.61. The molecule has 1 aliphatic heterocycles. The first-order chi connectivity index (χ1) is 7.72. The van der Waals surface area contributed by atoms with Crippen molar-refractivity contribution in [3.63, 3.8) is 0 Å². The Balaban J connectivity index is 2.34. The molecule has 1 aliphatic rings. The lowest BCUT2D eigenvalue weighted by Gasteiger charge is -2.25. The molecular weight excluding hydrogens is 204 g/mol. The summed E-state index contributed by atoms with van der Waals surface area (Å²) in [7, 11) is 1.55. The quantitative estimate of drug-likeness (QED) is 0.756. The number of carbonyl (C=O) groups is 1. The van der Waals surface area contributed by atoms with Crippen LogP contribution >= 0.6 is 0 Å². The molecule has 1 aromatic rings. The number of rotatable bonds is 1. The van der Waals surface area contributed by atoms with Gasteiger partial charge in [0, 0.05) is 18.7 Å². The van der Waals surface area contributed by atoms with Crippen LogP contribution < -0.4 is 15.4 Å². The van der Waals surface area contributed by atoms with E-state index in [2.05, 4.69) is 23.6 Å². The van der Waals surface area contributed by atoms with Gasteiger partial charge in [-0.2, -0.15) is 0 Å². The van der Waals surface area contributed by atoms with Crippen LogP contribution in [0.15, 0.2) is 18.2 Å². The van der Waals surface area contributed by atoms with Crippen LogP contribution in [0.25, 0.3) is 0 Å². The second-order valence-corrected chi connectivity index (χ2v) is 3.89. The van der Waals surface area contributed by atoms with E-state index in [-0.39, 0.29) is 6.04 Å². The highest BCUT2D eigenvalue weighted by Gasteiger charge is 2.20. The number of ether oxygens (including phenoxy) is 1. The second kappa shape index (κ2) is 4.53. The van der Waals surface area contributed by atoms with Crippen molar-refractivity contribution in [2.75, 3.05) is 13.6 Å². The molecule has 1 atom stereocenters. The molecular formula is C12H16N2O2. The Kier molecular flexibility index (Phi) is 3.10. The molecule has 2 rings (SSSR count). The zero-order chi connectivity index (χ0) is 11.5. The largest absolute Gasteiger partial charge is 0.412 e. The summed E-state index contributed by atoms with van der Waals surface area (Å²) in [6.45, 7) is 3.05. The van der Waals surface area contributed by atoms with Crippen LogP contribution in [0, 0.1) is 0 Å². The van der Waals surface area contributed by atoms with Crippen LogP contribution in [0.2, 0.25) is 0 Å². The maximum absolute atomic E-state index is 11.2. The highest BCUT2D eigenvalue weighted by atomic mass is 16.6. The molecule has 86 valence electrons. The van der Waals surface area contributed by atoms with Gasteiger partial charge in [-0.25, -0.2) is 4.79 Å².